The maximum absolute atomic E-state index is 13.9. The van der Waals surface area contributed by atoms with Gasteiger partial charge in [-0.15, -0.1) is 0 Å². The van der Waals surface area contributed by atoms with Gasteiger partial charge < -0.3 is 20.3 Å². The molecule has 33 heavy (non-hydrogen) atoms. The molecule has 0 aliphatic carbocycles. The van der Waals surface area contributed by atoms with Gasteiger partial charge in [-0.1, -0.05) is 24.3 Å². The second-order valence-corrected chi connectivity index (χ2v) is 7.92. The van der Waals surface area contributed by atoms with Gasteiger partial charge in [-0.2, -0.15) is 0 Å². The highest BCUT2D eigenvalue weighted by Gasteiger charge is 2.35. The molecule has 2 aliphatic heterocycles. The summed E-state index contributed by atoms with van der Waals surface area (Å²) in [5.74, 6) is -2.67. The Morgan fingerprint density at radius 3 is 2.45 bits per heavy atom. The summed E-state index contributed by atoms with van der Waals surface area (Å²) in [7, 11) is 0. The van der Waals surface area contributed by atoms with Gasteiger partial charge in [-0.3, -0.25) is 4.90 Å². The molecule has 0 bridgehead atoms. The Morgan fingerprint density at radius 1 is 1.06 bits per heavy atom. The van der Waals surface area contributed by atoms with Crippen molar-refractivity contribution in [3.8, 4) is 0 Å². The van der Waals surface area contributed by atoms with Gasteiger partial charge in [0, 0.05) is 44.1 Å². The maximum Gasteiger partial charge on any atom is 0.338 e. The summed E-state index contributed by atoms with van der Waals surface area (Å²) >= 11 is 0. The van der Waals surface area contributed by atoms with E-state index >= 15 is 0 Å². The molecule has 2 aromatic rings. The molecule has 2 aromatic carbocycles. The third-order valence-corrected chi connectivity index (χ3v) is 5.80. The van der Waals surface area contributed by atoms with Gasteiger partial charge in [-0.05, 0) is 36.8 Å². The molecule has 0 unspecified atom stereocenters. The topological polar surface area (TPSA) is 73.9 Å². The number of rotatable bonds is 6. The summed E-state index contributed by atoms with van der Waals surface area (Å²) in [6.07, 6.45) is 0. The van der Waals surface area contributed by atoms with Crippen LogP contribution < -0.4 is 15.5 Å². The van der Waals surface area contributed by atoms with Crippen LogP contribution in [0.2, 0.25) is 0 Å². The van der Waals surface area contributed by atoms with Crippen molar-refractivity contribution in [3.05, 3.63) is 77.0 Å². The Kier molecular flexibility index (Phi) is 6.88. The van der Waals surface area contributed by atoms with E-state index in [1.165, 1.54) is 6.07 Å². The lowest BCUT2D eigenvalue weighted by Gasteiger charge is -2.38. The molecule has 1 fully saturated rings. The number of carbonyl (C=O) groups excluding carboxylic acids is 2. The van der Waals surface area contributed by atoms with Crippen molar-refractivity contribution in [2.24, 2.45) is 0 Å². The predicted molar refractivity (Wildman–Crippen MR) is 120 cm³/mol. The van der Waals surface area contributed by atoms with Gasteiger partial charge in [0.05, 0.1) is 18.2 Å². The highest BCUT2D eigenvalue weighted by Crippen LogP contribution is 2.29. The molecule has 9 heteroatoms. The van der Waals surface area contributed by atoms with Crippen LogP contribution in [0.4, 0.5) is 19.3 Å². The zero-order valence-corrected chi connectivity index (χ0v) is 18.3. The SMILES string of the molecule is CCOC(=O)C1=C(CN2CCN(c3ccccc3)CC2)NC(=O)N[C@@H]1c1ccc(F)c(F)c1. The number of benzene rings is 2. The average molecular weight is 456 g/mol. The van der Waals surface area contributed by atoms with E-state index in [2.05, 4.69) is 32.6 Å². The van der Waals surface area contributed by atoms with Crippen molar-refractivity contribution >= 4 is 17.7 Å². The van der Waals surface area contributed by atoms with Crippen LogP contribution in [0.15, 0.2) is 59.8 Å². The number of carbonyl (C=O) groups is 2. The van der Waals surface area contributed by atoms with Crippen molar-refractivity contribution in [2.75, 3.05) is 44.2 Å². The largest absolute Gasteiger partial charge is 0.463 e. The van der Waals surface area contributed by atoms with E-state index < -0.39 is 29.7 Å². The van der Waals surface area contributed by atoms with Crippen LogP contribution in [0.25, 0.3) is 0 Å². The van der Waals surface area contributed by atoms with Crippen LogP contribution in [0.3, 0.4) is 0 Å². The third-order valence-electron chi connectivity index (χ3n) is 5.80. The number of amides is 2. The number of hydrogen-bond donors (Lipinski definition) is 2. The van der Waals surface area contributed by atoms with Crippen LogP contribution in [0.5, 0.6) is 0 Å². The Balaban J connectivity index is 1.58. The number of nitrogens with zero attached hydrogens (tertiary/aromatic N) is 2. The summed E-state index contributed by atoms with van der Waals surface area (Å²) in [5, 5.41) is 5.37. The third kappa shape index (κ3) is 5.14. The maximum atomic E-state index is 13.9. The lowest BCUT2D eigenvalue weighted by molar-refractivity contribution is -0.139. The molecule has 0 saturated carbocycles. The molecule has 2 amide bonds. The monoisotopic (exact) mass is 456 g/mol. The molecular formula is C24H26F2N4O3. The predicted octanol–water partition coefficient (Wildman–Crippen LogP) is 2.96. The van der Waals surface area contributed by atoms with Crippen LogP contribution >= 0.6 is 0 Å². The number of halogens is 2. The Labute approximate surface area is 191 Å². The van der Waals surface area contributed by atoms with Crippen LogP contribution in [0.1, 0.15) is 18.5 Å². The first kappa shape index (κ1) is 22.7. The molecule has 0 spiro atoms. The molecule has 4 rings (SSSR count). The second-order valence-electron chi connectivity index (χ2n) is 7.92. The van der Waals surface area contributed by atoms with Gasteiger partial charge in [0.2, 0.25) is 0 Å². The van der Waals surface area contributed by atoms with E-state index in [1.54, 1.807) is 6.92 Å². The first-order valence-electron chi connectivity index (χ1n) is 10.9. The lowest BCUT2D eigenvalue weighted by Crippen LogP contribution is -2.51. The van der Waals surface area contributed by atoms with Gasteiger partial charge in [-0.25, -0.2) is 18.4 Å². The number of esters is 1. The van der Waals surface area contributed by atoms with E-state index in [4.69, 9.17) is 4.74 Å². The second kappa shape index (κ2) is 9.99. The van der Waals surface area contributed by atoms with Gasteiger partial charge >= 0.3 is 12.0 Å². The Morgan fingerprint density at radius 2 is 1.79 bits per heavy atom. The highest BCUT2D eigenvalue weighted by atomic mass is 19.2. The van der Waals surface area contributed by atoms with Crippen LogP contribution in [-0.4, -0.2) is 56.2 Å². The first-order chi connectivity index (χ1) is 16.0. The number of nitrogens with one attached hydrogen (secondary N) is 2. The quantitative estimate of drug-likeness (QED) is 0.654. The Bertz CT molecular complexity index is 1050. The normalized spacial score (nSPS) is 19.2. The van der Waals surface area contributed by atoms with E-state index in [0.29, 0.717) is 12.2 Å². The lowest BCUT2D eigenvalue weighted by atomic mass is 9.94. The van der Waals surface area contributed by atoms with E-state index in [9.17, 15) is 18.4 Å². The highest BCUT2D eigenvalue weighted by molar-refractivity contribution is 5.95. The number of anilines is 1. The minimum atomic E-state index is -1.05. The molecule has 174 valence electrons. The van der Waals surface area contributed by atoms with Crippen molar-refractivity contribution in [1.29, 1.82) is 0 Å². The molecule has 2 heterocycles. The molecule has 1 atom stereocenters. The van der Waals surface area contributed by atoms with Crippen molar-refractivity contribution in [2.45, 2.75) is 13.0 Å². The van der Waals surface area contributed by atoms with Gasteiger partial charge in [0.1, 0.15) is 0 Å². The molecule has 1 saturated heterocycles. The number of urea groups is 1. The number of para-hydroxylation sites is 1. The summed E-state index contributed by atoms with van der Waals surface area (Å²) < 4.78 is 32.6. The number of ether oxygens (including phenoxy) is 1. The minimum Gasteiger partial charge on any atom is -0.463 e. The zero-order valence-electron chi connectivity index (χ0n) is 18.3. The number of piperazine rings is 1. The molecule has 0 aromatic heterocycles. The smallest absolute Gasteiger partial charge is 0.338 e. The summed E-state index contributed by atoms with van der Waals surface area (Å²) in [6, 6.07) is 12.0. The van der Waals surface area contributed by atoms with E-state index in [-0.39, 0.29) is 17.7 Å². The fraction of sp³-hybridized carbons (Fsp3) is 0.333. The van der Waals surface area contributed by atoms with Crippen LogP contribution in [-0.2, 0) is 9.53 Å². The van der Waals surface area contributed by atoms with Crippen LogP contribution in [0, 0.1) is 11.6 Å². The average Bonchev–Trinajstić information content (AvgIpc) is 2.81. The van der Waals surface area contributed by atoms with Gasteiger partial charge in [0.15, 0.2) is 11.6 Å². The fourth-order valence-corrected chi connectivity index (χ4v) is 4.16. The zero-order chi connectivity index (χ0) is 23.4. The summed E-state index contributed by atoms with van der Waals surface area (Å²) in [6.45, 7) is 5.20. The van der Waals surface area contributed by atoms with Crippen molar-refractivity contribution < 1.29 is 23.1 Å². The summed E-state index contributed by atoms with van der Waals surface area (Å²) in [5.41, 5.74) is 2.00. The van der Waals surface area contributed by atoms with E-state index in [0.717, 1.165) is 44.0 Å². The minimum absolute atomic E-state index is 0.143. The molecule has 2 N–H and O–H groups in total. The summed E-state index contributed by atoms with van der Waals surface area (Å²) in [4.78, 5) is 29.7. The molecule has 7 nitrogen and oxygen atoms in total. The first-order valence-corrected chi connectivity index (χ1v) is 10.9. The van der Waals surface area contributed by atoms with Crippen molar-refractivity contribution in [3.63, 3.8) is 0 Å². The molecule has 0 radical (unpaired) electrons. The number of hydrogen-bond acceptors (Lipinski definition) is 5. The standard InChI is InChI=1S/C24H26F2N4O3/c1-2-33-23(31)21-20(15-29-10-12-30(13-11-29)17-6-4-3-5-7-17)27-24(32)28-22(21)16-8-9-18(25)19(26)14-16/h3-9,14,22H,2,10-13,15H2,1H3,(H2,27,28,32)/t22-/m1/s1. The molecular weight excluding hydrogens is 430 g/mol. The van der Waals surface area contributed by atoms with Crippen molar-refractivity contribution in [1.82, 2.24) is 15.5 Å². The fourth-order valence-electron chi connectivity index (χ4n) is 4.16. The Hall–Kier alpha value is -3.46. The van der Waals surface area contributed by atoms with E-state index in [1.807, 2.05) is 18.2 Å². The van der Waals surface area contributed by atoms with Gasteiger partial charge in [0.25, 0.3) is 0 Å². The molecule has 2 aliphatic rings.